The first-order valence-corrected chi connectivity index (χ1v) is 8.77. The fourth-order valence-electron chi connectivity index (χ4n) is 3.03. The van der Waals surface area contributed by atoms with E-state index in [2.05, 4.69) is 5.10 Å². The highest BCUT2D eigenvalue weighted by molar-refractivity contribution is 5.92. The van der Waals surface area contributed by atoms with Crippen LogP contribution >= 0.6 is 0 Å². The molecule has 2 atom stereocenters. The predicted molar refractivity (Wildman–Crippen MR) is 97.0 cm³/mol. The number of morpholine rings is 1. The second kappa shape index (κ2) is 8.22. The van der Waals surface area contributed by atoms with Gasteiger partial charge in [0.15, 0.2) is 12.4 Å². The van der Waals surface area contributed by atoms with Crippen molar-refractivity contribution in [1.29, 1.82) is 0 Å². The van der Waals surface area contributed by atoms with Crippen molar-refractivity contribution in [2.75, 3.05) is 26.8 Å². The van der Waals surface area contributed by atoms with Crippen LogP contribution in [0, 0.1) is 0 Å². The maximum atomic E-state index is 12.4. The summed E-state index contributed by atoms with van der Waals surface area (Å²) in [5, 5.41) is 4.24. The van der Waals surface area contributed by atoms with E-state index in [1.165, 1.54) is 11.8 Å². The number of para-hydroxylation sites is 1. The quantitative estimate of drug-likeness (QED) is 0.742. The smallest absolute Gasteiger partial charge is 0.363 e. The monoisotopic (exact) mass is 373 g/mol. The standard InChI is InChI=1S/C19H23N3O5/c1-13-9-21(10-14(2)27-13)17(23)12-26-19(24)18-16(25-3)11-22(20-18)15-7-5-4-6-8-15/h4-8,11,13-14H,9-10,12H2,1-3H3/t13-,14+. The molecule has 0 N–H and O–H groups in total. The van der Waals surface area contributed by atoms with Gasteiger partial charge in [0, 0.05) is 13.1 Å². The first kappa shape index (κ1) is 18.9. The van der Waals surface area contributed by atoms with Gasteiger partial charge in [-0.2, -0.15) is 5.10 Å². The number of benzene rings is 1. The summed E-state index contributed by atoms with van der Waals surface area (Å²) in [6, 6.07) is 9.32. The number of amides is 1. The van der Waals surface area contributed by atoms with E-state index in [9.17, 15) is 9.59 Å². The number of carbonyl (C=O) groups excluding carboxylic acids is 2. The molecule has 8 nitrogen and oxygen atoms in total. The summed E-state index contributed by atoms with van der Waals surface area (Å²) in [6.07, 6.45) is 1.50. The van der Waals surface area contributed by atoms with Crippen LogP contribution in [0.3, 0.4) is 0 Å². The van der Waals surface area contributed by atoms with Gasteiger partial charge in [0.2, 0.25) is 5.69 Å². The number of esters is 1. The second-order valence-corrected chi connectivity index (χ2v) is 6.46. The Morgan fingerprint density at radius 3 is 2.48 bits per heavy atom. The molecule has 1 aromatic heterocycles. The van der Waals surface area contributed by atoms with Crippen LogP contribution < -0.4 is 4.74 Å². The number of hydrogen-bond acceptors (Lipinski definition) is 6. The van der Waals surface area contributed by atoms with Gasteiger partial charge >= 0.3 is 5.97 Å². The molecule has 144 valence electrons. The van der Waals surface area contributed by atoms with E-state index in [0.29, 0.717) is 13.1 Å². The molecule has 0 unspecified atom stereocenters. The molecular formula is C19H23N3O5. The van der Waals surface area contributed by atoms with Crippen LogP contribution in [-0.4, -0.2) is 65.6 Å². The maximum Gasteiger partial charge on any atom is 0.363 e. The summed E-state index contributed by atoms with van der Waals surface area (Å²) < 4.78 is 17.5. The fraction of sp³-hybridized carbons (Fsp3) is 0.421. The zero-order chi connectivity index (χ0) is 19.4. The summed E-state index contributed by atoms with van der Waals surface area (Å²) in [7, 11) is 1.45. The highest BCUT2D eigenvalue weighted by atomic mass is 16.5. The molecular weight excluding hydrogens is 350 g/mol. The Bertz CT molecular complexity index is 795. The number of aromatic nitrogens is 2. The molecule has 0 aliphatic carbocycles. The van der Waals surface area contributed by atoms with Gasteiger partial charge in [-0.15, -0.1) is 0 Å². The third-order valence-electron chi connectivity index (χ3n) is 4.21. The third-order valence-corrected chi connectivity index (χ3v) is 4.21. The van der Waals surface area contributed by atoms with E-state index in [-0.39, 0.29) is 36.2 Å². The van der Waals surface area contributed by atoms with Gasteiger partial charge in [-0.1, -0.05) is 18.2 Å². The average Bonchev–Trinajstić information content (AvgIpc) is 3.10. The van der Waals surface area contributed by atoms with Gasteiger partial charge in [-0.05, 0) is 26.0 Å². The number of carbonyl (C=O) groups is 2. The number of hydrogen-bond donors (Lipinski definition) is 0. The van der Waals surface area contributed by atoms with Gasteiger partial charge in [-0.25, -0.2) is 9.48 Å². The SMILES string of the molecule is COc1cn(-c2ccccc2)nc1C(=O)OCC(=O)N1C[C@@H](C)O[C@@H](C)C1. The van der Waals surface area contributed by atoms with Crippen molar-refractivity contribution in [3.63, 3.8) is 0 Å². The molecule has 1 aliphatic heterocycles. The second-order valence-electron chi connectivity index (χ2n) is 6.46. The molecule has 1 aliphatic rings. The highest BCUT2D eigenvalue weighted by Crippen LogP contribution is 2.20. The van der Waals surface area contributed by atoms with Crippen LogP contribution in [0.5, 0.6) is 5.75 Å². The number of nitrogens with zero attached hydrogens (tertiary/aromatic N) is 3. The topological polar surface area (TPSA) is 82.9 Å². The normalized spacial score (nSPS) is 19.6. The summed E-state index contributed by atoms with van der Waals surface area (Å²) in [4.78, 5) is 26.4. The lowest BCUT2D eigenvalue weighted by Gasteiger charge is -2.35. The Hall–Kier alpha value is -2.87. The molecule has 0 saturated carbocycles. The molecule has 8 heteroatoms. The molecule has 1 fully saturated rings. The molecule has 0 radical (unpaired) electrons. The van der Waals surface area contributed by atoms with E-state index < -0.39 is 5.97 Å². The molecule has 3 rings (SSSR count). The van der Waals surface area contributed by atoms with Crippen LogP contribution in [0.15, 0.2) is 36.5 Å². The molecule has 0 spiro atoms. The Kier molecular flexibility index (Phi) is 5.75. The van der Waals surface area contributed by atoms with E-state index in [1.807, 2.05) is 44.2 Å². The molecule has 27 heavy (non-hydrogen) atoms. The minimum absolute atomic E-state index is 0.0258. The first-order chi connectivity index (χ1) is 13.0. The van der Waals surface area contributed by atoms with Gasteiger partial charge in [-0.3, -0.25) is 4.79 Å². The van der Waals surface area contributed by atoms with Gasteiger partial charge in [0.1, 0.15) is 0 Å². The van der Waals surface area contributed by atoms with Crippen molar-refractivity contribution in [2.24, 2.45) is 0 Å². The Morgan fingerprint density at radius 2 is 1.85 bits per heavy atom. The van der Waals surface area contributed by atoms with Crippen molar-refractivity contribution < 1.29 is 23.8 Å². The average molecular weight is 373 g/mol. The van der Waals surface area contributed by atoms with Crippen molar-refractivity contribution in [3.8, 4) is 11.4 Å². The largest absolute Gasteiger partial charge is 0.493 e. The van der Waals surface area contributed by atoms with Crippen LogP contribution in [0.4, 0.5) is 0 Å². The molecule has 1 aromatic carbocycles. The van der Waals surface area contributed by atoms with Crippen LogP contribution in [0.1, 0.15) is 24.3 Å². The minimum atomic E-state index is -0.704. The van der Waals surface area contributed by atoms with Crippen LogP contribution in [0.2, 0.25) is 0 Å². The maximum absolute atomic E-state index is 12.4. The van der Waals surface area contributed by atoms with E-state index in [0.717, 1.165) is 5.69 Å². The van der Waals surface area contributed by atoms with Gasteiger partial charge in [0.25, 0.3) is 5.91 Å². The number of ether oxygens (including phenoxy) is 3. The molecule has 0 bridgehead atoms. The summed E-state index contributed by atoms with van der Waals surface area (Å²) in [5.74, 6) is -0.680. The zero-order valence-corrected chi connectivity index (χ0v) is 15.6. The molecule has 1 amide bonds. The van der Waals surface area contributed by atoms with Crippen molar-refractivity contribution in [2.45, 2.75) is 26.1 Å². The summed E-state index contributed by atoms with van der Waals surface area (Å²) >= 11 is 0. The minimum Gasteiger partial charge on any atom is -0.493 e. The van der Waals surface area contributed by atoms with E-state index in [4.69, 9.17) is 14.2 Å². The predicted octanol–water partition coefficient (Wildman–Crippen LogP) is 1.67. The molecule has 1 saturated heterocycles. The number of rotatable bonds is 5. The highest BCUT2D eigenvalue weighted by Gasteiger charge is 2.27. The molecule has 2 heterocycles. The molecule has 2 aromatic rings. The number of methoxy groups -OCH3 is 1. The van der Waals surface area contributed by atoms with Crippen molar-refractivity contribution >= 4 is 11.9 Å². The summed E-state index contributed by atoms with van der Waals surface area (Å²) in [6.45, 7) is 4.42. The zero-order valence-electron chi connectivity index (χ0n) is 15.6. The summed E-state index contributed by atoms with van der Waals surface area (Å²) in [5.41, 5.74) is 0.806. The van der Waals surface area contributed by atoms with E-state index >= 15 is 0 Å². The van der Waals surface area contributed by atoms with Crippen LogP contribution in [0.25, 0.3) is 5.69 Å². The lowest BCUT2D eigenvalue weighted by Crippen LogP contribution is -2.49. The lowest BCUT2D eigenvalue weighted by atomic mass is 10.2. The Balaban J connectivity index is 1.66. The van der Waals surface area contributed by atoms with E-state index in [1.54, 1.807) is 11.1 Å². The van der Waals surface area contributed by atoms with Crippen molar-refractivity contribution in [3.05, 3.63) is 42.2 Å². The van der Waals surface area contributed by atoms with Crippen molar-refractivity contribution in [1.82, 2.24) is 14.7 Å². The van der Waals surface area contributed by atoms with Crippen LogP contribution in [-0.2, 0) is 14.3 Å². The lowest BCUT2D eigenvalue weighted by molar-refractivity contribution is -0.146. The Labute approximate surface area is 157 Å². The Morgan fingerprint density at radius 1 is 1.19 bits per heavy atom. The first-order valence-electron chi connectivity index (χ1n) is 8.77. The fourth-order valence-corrected chi connectivity index (χ4v) is 3.03. The van der Waals surface area contributed by atoms with Gasteiger partial charge in [0.05, 0.1) is 31.2 Å². The van der Waals surface area contributed by atoms with Gasteiger partial charge < -0.3 is 19.1 Å². The third kappa shape index (κ3) is 4.46.